The number of ether oxygens (including phenoxy) is 1. The Morgan fingerprint density at radius 3 is 2.73 bits per heavy atom. The van der Waals surface area contributed by atoms with Crippen LogP contribution in [0.4, 0.5) is 0 Å². The molecule has 3 aromatic rings. The van der Waals surface area contributed by atoms with E-state index in [1.54, 1.807) is 18.3 Å². The first-order valence-electron chi connectivity index (χ1n) is 8.91. The van der Waals surface area contributed by atoms with Gasteiger partial charge in [0, 0.05) is 25.4 Å². The van der Waals surface area contributed by atoms with Crippen molar-refractivity contribution in [3.05, 3.63) is 54.5 Å². The molecule has 26 heavy (non-hydrogen) atoms. The molecule has 6 nitrogen and oxygen atoms in total. The molecule has 1 fully saturated rings. The maximum atomic E-state index is 12.6. The number of aromatic nitrogens is 3. The molecule has 4 rings (SSSR count). The second kappa shape index (κ2) is 6.78. The minimum absolute atomic E-state index is 0.00794. The number of pyridine rings is 1. The van der Waals surface area contributed by atoms with E-state index in [1.807, 2.05) is 29.4 Å². The van der Waals surface area contributed by atoms with Crippen molar-refractivity contribution in [3.8, 4) is 5.88 Å². The van der Waals surface area contributed by atoms with Gasteiger partial charge >= 0.3 is 0 Å². The second-order valence-corrected chi connectivity index (χ2v) is 7.09. The highest BCUT2D eigenvalue weighted by Gasteiger charge is 2.33. The van der Waals surface area contributed by atoms with Crippen molar-refractivity contribution in [1.29, 1.82) is 0 Å². The molecule has 1 aliphatic heterocycles. The molecular weight excluding hydrogens is 328 g/mol. The lowest BCUT2D eigenvalue weighted by Gasteiger charge is -2.40. The third-order valence-corrected chi connectivity index (χ3v) is 4.57. The van der Waals surface area contributed by atoms with Crippen LogP contribution < -0.4 is 4.74 Å². The van der Waals surface area contributed by atoms with E-state index in [-0.39, 0.29) is 11.9 Å². The molecule has 1 saturated heterocycles. The number of hydrogen-bond acceptors (Lipinski definition) is 4. The number of benzene rings is 1. The number of carbonyl (C=O) groups is 1. The van der Waals surface area contributed by atoms with Gasteiger partial charge in [0.25, 0.3) is 5.91 Å². The third kappa shape index (κ3) is 3.14. The van der Waals surface area contributed by atoms with Gasteiger partial charge in [-0.3, -0.25) is 4.79 Å². The molecule has 3 heterocycles. The minimum Gasteiger partial charge on any atom is -0.477 e. The Hall–Kier alpha value is -2.89. The van der Waals surface area contributed by atoms with Gasteiger partial charge in [-0.05, 0) is 24.1 Å². The van der Waals surface area contributed by atoms with Crippen LogP contribution in [0.3, 0.4) is 0 Å². The number of rotatable bonds is 5. The first-order valence-corrected chi connectivity index (χ1v) is 8.91. The van der Waals surface area contributed by atoms with Gasteiger partial charge in [0.15, 0.2) is 0 Å². The van der Waals surface area contributed by atoms with Crippen LogP contribution in [0.25, 0.3) is 11.0 Å². The zero-order valence-corrected chi connectivity index (χ0v) is 15.0. The molecule has 0 spiro atoms. The van der Waals surface area contributed by atoms with E-state index in [1.165, 1.54) is 0 Å². The van der Waals surface area contributed by atoms with Gasteiger partial charge in [0.1, 0.15) is 0 Å². The summed E-state index contributed by atoms with van der Waals surface area (Å²) in [4.78, 5) is 23.1. The van der Waals surface area contributed by atoms with Gasteiger partial charge in [-0.25, -0.2) is 9.97 Å². The van der Waals surface area contributed by atoms with Crippen LogP contribution in [0.5, 0.6) is 5.88 Å². The number of fused-ring (bicyclic) bond motifs is 1. The smallest absolute Gasteiger partial charge is 0.255 e. The summed E-state index contributed by atoms with van der Waals surface area (Å²) in [6, 6.07) is 11.9. The van der Waals surface area contributed by atoms with E-state index in [0.717, 1.165) is 11.0 Å². The van der Waals surface area contributed by atoms with Crippen LogP contribution in [0.15, 0.2) is 48.9 Å². The van der Waals surface area contributed by atoms with Crippen molar-refractivity contribution < 1.29 is 9.53 Å². The number of likely N-dealkylation sites (tertiary alicyclic amines) is 1. The molecule has 1 aromatic carbocycles. The molecule has 1 amide bonds. The number of hydrogen-bond donors (Lipinski definition) is 0. The Labute approximate surface area is 152 Å². The molecule has 0 N–H and O–H groups in total. The molecule has 0 atom stereocenters. The van der Waals surface area contributed by atoms with E-state index in [0.29, 0.717) is 37.1 Å². The summed E-state index contributed by atoms with van der Waals surface area (Å²) in [6.45, 7) is 6.16. The fourth-order valence-corrected chi connectivity index (χ4v) is 3.09. The number of carbonyl (C=O) groups excluding carboxylic acids is 1. The Balaban J connectivity index is 1.38. The molecule has 0 unspecified atom stereocenters. The molecule has 1 aliphatic rings. The highest BCUT2D eigenvalue weighted by Crippen LogP contribution is 2.27. The Bertz CT molecular complexity index is 911. The van der Waals surface area contributed by atoms with Crippen LogP contribution in [0.1, 0.15) is 30.2 Å². The van der Waals surface area contributed by atoms with Gasteiger partial charge in [0.05, 0.1) is 35.6 Å². The largest absolute Gasteiger partial charge is 0.477 e. The van der Waals surface area contributed by atoms with E-state index in [4.69, 9.17) is 4.74 Å². The number of amides is 1. The number of imidazole rings is 1. The van der Waals surface area contributed by atoms with Crippen molar-refractivity contribution in [1.82, 2.24) is 19.4 Å². The fraction of sp³-hybridized carbons (Fsp3) is 0.350. The van der Waals surface area contributed by atoms with Crippen molar-refractivity contribution in [2.75, 3.05) is 19.7 Å². The molecule has 134 valence electrons. The monoisotopic (exact) mass is 350 g/mol. The van der Waals surface area contributed by atoms with Gasteiger partial charge in [-0.15, -0.1) is 0 Å². The van der Waals surface area contributed by atoms with E-state index < -0.39 is 0 Å². The average Bonchev–Trinajstić information content (AvgIpc) is 3.03. The zero-order valence-electron chi connectivity index (χ0n) is 15.0. The third-order valence-electron chi connectivity index (χ3n) is 4.57. The maximum absolute atomic E-state index is 12.6. The Morgan fingerprint density at radius 2 is 2.00 bits per heavy atom. The van der Waals surface area contributed by atoms with Crippen LogP contribution in [-0.2, 0) is 0 Å². The van der Waals surface area contributed by atoms with Crippen molar-refractivity contribution in [2.24, 2.45) is 5.92 Å². The molecule has 0 bridgehead atoms. The lowest BCUT2D eigenvalue weighted by molar-refractivity contribution is 0.0525. The fourth-order valence-electron chi connectivity index (χ4n) is 3.09. The van der Waals surface area contributed by atoms with Crippen LogP contribution in [0, 0.1) is 5.92 Å². The summed E-state index contributed by atoms with van der Waals surface area (Å²) in [7, 11) is 0. The first-order chi connectivity index (χ1) is 12.6. The van der Waals surface area contributed by atoms with Gasteiger partial charge in [-0.2, -0.15) is 0 Å². The molecule has 0 saturated carbocycles. The van der Waals surface area contributed by atoms with Gasteiger partial charge in [-0.1, -0.05) is 26.0 Å². The topological polar surface area (TPSA) is 60.2 Å². The van der Waals surface area contributed by atoms with Gasteiger partial charge in [0.2, 0.25) is 5.88 Å². The Kier molecular flexibility index (Phi) is 4.32. The maximum Gasteiger partial charge on any atom is 0.255 e. The highest BCUT2D eigenvalue weighted by atomic mass is 16.5. The summed E-state index contributed by atoms with van der Waals surface area (Å²) < 4.78 is 7.72. The molecule has 6 heteroatoms. The second-order valence-electron chi connectivity index (χ2n) is 7.09. The molecule has 0 aliphatic carbocycles. The van der Waals surface area contributed by atoms with Crippen LogP contribution in [-0.4, -0.2) is 45.0 Å². The standard InChI is InChI=1S/C20H22N4O2/c1-14(2)12-26-19-8-7-15(9-21-19)20(25)23-10-16(11-23)24-13-22-17-5-3-4-6-18(17)24/h3-9,13-14,16H,10-12H2,1-2H3. The van der Waals surface area contributed by atoms with Crippen molar-refractivity contribution in [2.45, 2.75) is 19.9 Å². The van der Waals surface area contributed by atoms with Crippen molar-refractivity contribution in [3.63, 3.8) is 0 Å². The SMILES string of the molecule is CC(C)COc1ccc(C(=O)N2CC(n3cnc4ccccc43)C2)cn1. The zero-order chi connectivity index (χ0) is 18.1. The van der Waals surface area contributed by atoms with Crippen LogP contribution >= 0.6 is 0 Å². The normalized spacial score (nSPS) is 14.7. The molecule has 0 radical (unpaired) electrons. The van der Waals surface area contributed by atoms with E-state index >= 15 is 0 Å². The van der Waals surface area contributed by atoms with Crippen LogP contribution in [0.2, 0.25) is 0 Å². The predicted octanol–water partition coefficient (Wildman–Crippen LogP) is 3.16. The number of para-hydroxylation sites is 2. The van der Waals surface area contributed by atoms with Gasteiger partial charge < -0.3 is 14.2 Å². The van der Waals surface area contributed by atoms with E-state index in [2.05, 4.69) is 34.4 Å². The lowest BCUT2D eigenvalue weighted by atomic mass is 10.1. The quantitative estimate of drug-likeness (QED) is 0.709. The lowest BCUT2D eigenvalue weighted by Crippen LogP contribution is -2.50. The summed E-state index contributed by atoms with van der Waals surface area (Å²) in [6.07, 6.45) is 3.46. The van der Waals surface area contributed by atoms with E-state index in [9.17, 15) is 4.79 Å². The Morgan fingerprint density at radius 1 is 1.19 bits per heavy atom. The summed E-state index contributed by atoms with van der Waals surface area (Å²) in [5.74, 6) is 1.01. The number of nitrogens with zero attached hydrogens (tertiary/aromatic N) is 4. The summed E-state index contributed by atoms with van der Waals surface area (Å²) in [5, 5.41) is 0. The molecular formula is C20H22N4O2. The summed E-state index contributed by atoms with van der Waals surface area (Å²) in [5.41, 5.74) is 2.69. The summed E-state index contributed by atoms with van der Waals surface area (Å²) >= 11 is 0. The highest BCUT2D eigenvalue weighted by molar-refractivity contribution is 5.94. The predicted molar refractivity (Wildman–Crippen MR) is 99.2 cm³/mol. The molecule has 2 aromatic heterocycles. The average molecular weight is 350 g/mol. The minimum atomic E-state index is 0.00794. The van der Waals surface area contributed by atoms with Crippen molar-refractivity contribution >= 4 is 16.9 Å². The first kappa shape index (κ1) is 16.6.